The van der Waals surface area contributed by atoms with Gasteiger partial charge in [0.15, 0.2) is 0 Å². The van der Waals surface area contributed by atoms with E-state index in [0.29, 0.717) is 6.04 Å². The molecule has 1 fully saturated rings. The van der Waals surface area contributed by atoms with Crippen molar-refractivity contribution >= 4 is 28.9 Å². The molecule has 1 saturated carbocycles. The van der Waals surface area contributed by atoms with Crippen molar-refractivity contribution in [2.24, 2.45) is 0 Å². The third-order valence-corrected chi connectivity index (χ3v) is 8.17. The predicted molar refractivity (Wildman–Crippen MR) is 89.2 cm³/mol. The normalized spacial score (nSPS) is 18.4. The third-order valence-electron chi connectivity index (χ3n) is 2.88. The molecular formula is C13H28NO2PS2. The molecule has 19 heavy (non-hydrogen) atoms. The second-order valence-corrected chi connectivity index (χ2v) is 11.8. The molecule has 1 rings (SSSR count). The maximum absolute atomic E-state index is 5.86. The molecule has 0 atom stereocenters. The van der Waals surface area contributed by atoms with Crippen molar-refractivity contribution in [3.05, 3.63) is 0 Å². The summed E-state index contributed by atoms with van der Waals surface area (Å²) >= 11 is 7.26. The van der Waals surface area contributed by atoms with E-state index in [4.69, 9.17) is 20.9 Å². The number of nitrogens with one attached hydrogen (secondary N) is 1. The van der Waals surface area contributed by atoms with E-state index in [-0.39, 0.29) is 12.2 Å². The minimum Gasteiger partial charge on any atom is -0.319 e. The number of rotatable bonds is 8. The highest BCUT2D eigenvalue weighted by atomic mass is 32.9. The molecule has 0 aliphatic heterocycles. The molecule has 1 aliphatic carbocycles. The van der Waals surface area contributed by atoms with Crippen molar-refractivity contribution in [3.8, 4) is 0 Å². The van der Waals surface area contributed by atoms with Crippen LogP contribution in [0.4, 0.5) is 0 Å². The molecule has 6 heteroatoms. The first-order valence-corrected chi connectivity index (χ1v) is 11.5. The largest absolute Gasteiger partial charge is 0.319 e. The summed E-state index contributed by atoms with van der Waals surface area (Å²) in [5, 5.41) is 3.59. The third kappa shape index (κ3) is 8.03. The van der Waals surface area contributed by atoms with Crippen LogP contribution in [0.2, 0.25) is 0 Å². The molecule has 0 unspecified atom stereocenters. The lowest BCUT2D eigenvalue weighted by atomic mass is 9.96. The van der Waals surface area contributed by atoms with Crippen LogP contribution in [0, 0.1) is 0 Å². The fraction of sp³-hybridized carbons (Fsp3) is 1.00. The topological polar surface area (TPSA) is 30.5 Å². The predicted octanol–water partition coefficient (Wildman–Crippen LogP) is 4.67. The van der Waals surface area contributed by atoms with Crippen LogP contribution in [-0.2, 0) is 20.9 Å². The lowest BCUT2D eigenvalue weighted by Gasteiger charge is -2.27. The molecule has 0 bridgehead atoms. The molecule has 1 aliphatic rings. The van der Waals surface area contributed by atoms with E-state index >= 15 is 0 Å². The zero-order valence-corrected chi connectivity index (χ0v) is 15.1. The first-order valence-electron chi connectivity index (χ1n) is 7.26. The van der Waals surface area contributed by atoms with Crippen LogP contribution in [0.15, 0.2) is 0 Å². The smallest absolute Gasteiger partial charge is 0.249 e. The molecule has 0 aromatic rings. The Morgan fingerprint density at radius 1 is 1.11 bits per heavy atom. The first kappa shape index (κ1) is 17.9. The van der Waals surface area contributed by atoms with Gasteiger partial charge in [0.2, 0.25) is 5.69 Å². The summed E-state index contributed by atoms with van der Waals surface area (Å²) in [6.45, 7) is 8.06. The molecule has 0 radical (unpaired) electrons. The van der Waals surface area contributed by atoms with E-state index in [0.717, 1.165) is 5.88 Å². The molecule has 0 aromatic carbocycles. The number of hydrogen-bond donors (Lipinski definition) is 1. The van der Waals surface area contributed by atoms with Gasteiger partial charge in [-0.05, 0) is 52.3 Å². The summed E-state index contributed by atoms with van der Waals surface area (Å²) in [7, 11) is 0. The van der Waals surface area contributed by atoms with E-state index in [1.165, 1.54) is 32.1 Å². The molecule has 0 spiro atoms. The van der Waals surface area contributed by atoms with Crippen LogP contribution in [-0.4, -0.2) is 24.1 Å². The van der Waals surface area contributed by atoms with E-state index in [1.54, 1.807) is 11.4 Å². The van der Waals surface area contributed by atoms with Crippen LogP contribution < -0.4 is 5.32 Å². The first-order chi connectivity index (χ1) is 8.91. The van der Waals surface area contributed by atoms with Crippen molar-refractivity contribution in [1.82, 2.24) is 5.32 Å². The van der Waals surface area contributed by atoms with Gasteiger partial charge in [-0.25, -0.2) is 0 Å². The fourth-order valence-corrected chi connectivity index (χ4v) is 7.42. The summed E-state index contributed by atoms with van der Waals surface area (Å²) in [6, 6.07) is 0.655. The zero-order chi connectivity index (χ0) is 14.3. The van der Waals surface area contributed by atoms with Gasteiger partial charge in [-0.1, -0.05) is 30.6 Å². The molecule has 114 valence electrons. The number of hydrogen-bond acceptors (Lipinski definition) is 5. The van der Waals surface area contributed by atoms with Gasteiger partial charge in [0.1, 0.15) is 0 Å². The van der Waals surface area contributed by atoms with Crippen LogP contribution in [0.1, 0.15) is 59.8 Å². The molecule has 3 nitrogen and oxygen atoms in total. The van der Waals surface area contributed by atoms with E-state index in [9.17, 15) is 0 Å². The summed E-state index contributed by atoms with van der Waals surface area (Å²) in [4.78, 5) is 0. The Balaban J connectivity index is 2.36. The maximum Gasteiger partial charge on any atom is 0.249 e. The summed E-state index contributed by atoms with van der Waals surface area (Å²) in [5.74, 6) is 0.835. The van der Waals surface area contributed by atoms with Gasteiger partial charge in [-0.15, -0.1) is 0 Å². The van der Waals surface area contributed by atoms with E-state index in [2.05, 4.69) is 5.32 Å². The van der Waals surface area contributed by atoms with Crippen LogP contribution in [0.25, 0.3) is 0 Å². The van der Waals surface area contributed by atoms with Crippen molar-refractivity contribution in [2.45, 2.75) is 78.0 Å². The van der Waals surface area contributed by atoms with Crippen molar-refractivity contribution in [1.29, 1.82) is 0 Å². The van der Waals surface area contributed by atoms with Gasteiger partial charge >= 0.3 is 0 Å². The van der Waals surface area contributed by atoms with Gasteiger partial charge in [-0.2, -0.15) is 0 Å². The minimum atomic E-state index is -2.21. The summed E-state index contributed by atoms with van der Waals surface area (Å²) < 4.78 is 11.7. The van der Waals surface area contributed by atoms with E-state index < -0.39 is 5.69 Å². The quantitative estimate of drug-likeness (QED) is 0.517. The van der Waals surface area contributed by atoms with Crippen molar-refractivity contribution in [3.63, 3.8) is 0 Å². The molecule has 0 amide bonds. The highest BCUT2D eigenvalue weighted by Crippen LogP contribution is 2.62. The Bertz CT molecular complexity index is 280. The zero-order valence-electron chi connectivity index (χ0n) is 12.6. The van der Waals surface area contributed by atoms with Crippen LogP contribution in [0.5, 0.6) is 0 Å². The molecule has 0 aromatic heterocycles. The monoisotopic (exact) mass is 325 g/mol. The molecular weight excluding hydrogens is 297 g/mol. The summed E-state index contributed by atoms with van der Waals surface area (Å²) in [6.07, 6.45) is 6.90. The summed E-state index contributed by atoms with van der Waals surface area (Å²) in [5.41, 5.74) is -2.21. The lowest BCUT2D eigenvalue weighted by Crippen LogP contribution is -2.30. The van der Waals surface area contributed by atoms with Crippen LogP contribution >= 0.6 is 17.1 Å². The minimum absolute atomic E-state index is 0.117. The van der Waals surface area contributed by atoms with Crippen molar-refractivity contribution in [2.75, 3.05) is 5.88 Å². The Morgan fingerprint density at radius 3 is 2.11 bits per heavy atom. The van der Waals surface area contributed by atoms with Gasteiger partial charge in [0.05, 0.1) is 18.1 Å². The Hall–Kier alpha value is 0.880. The van der Waals surface area contributed by atoms with Gasteiger partial charge in [0, 0.05) is 6.04 Å². The second kappa shape index (κ2) is 9.01. The molecule has 0 saturated heterocycles. The van der Waals surface area contributed by atoms with Crippen molar-refractivity contribution < 1.29 is 9.05 Å². The highest BCUT2D eigenvalue weighted by Gasteiger charge is 2.24. The molecule has 0 heterocycles. The van der Waals surface area contributed by atoms with Crippen LogP contribution in [0.3, 0.4) is 0 Å². The van der Waals surface area contributed by atoms with Gasteiger partial charge in [-0.3, -0.25) is 0 Å². The van der Waals surface area contributed by atoms with Gasteiger partial charge < -0.3 is 14.4 Å². The highest BCUT2D eigenvalue weighted by molar-refractivity contribution is 8.67. The van der Waals surface area contributed by atoms with E-state index in [1.807, 2.05) is 27.7 Å². The Morgan fingerprint density at radius 2 is 1.63 bits per heavy atom. The lowest BCUT2D eigenvalue weighted by molar-refractivity contribution is 0.186. The Kier molecular flexibility index (Phi) is 8.50. The fourth-order valence-electron chi connectivity index (χ4n) is 2.14. The average molecular weight is 325 g/mol. The molecule has 1 N–H and O–H groups in total. The SMILES string of the molecule is CC(C)OP(=S)(OC(C)C)SCNC1CCCCC1. The maximum atomic E-state index is 5.86. The standard InChI is InChI=1S/C13H28NO2PS2/c1-11(2)15-17(18,16-12(3)4)19-10-14-13-8-6-5-7-9-13/h11-14H,5-10H2,1-4H3. The average Bonchev–Trinajstić information content (AvgIpc) is 2.27. The second-order valence-electron chi connectivity index (χ2n) is 5.57. The Labute approximate surface area is 127 Å². The van der Waals surface area contributed by atoms with Gasteiger partial charge in [0.25, 0.3) is 0 Å².